The number of aromatic nitrogens is 3. The molecule has 0 amide bonds. The van der Waals surface area contributed by atoms with Crippen LogP contribution in [-0.4, -0.2) is 20.5 Å². The van der Waals surface area contributed by atoms with Gasteiger partial charge < -0.3 is 10.6 Å². The summed E-state index contributed by atoms with van der Waals surface area (Å²) in [5.41, 5.74) is 0.918. The fourth-order valence-electron chi connectivity index (χ4n) is 2.79. The van der Waals surface area contributed by atoms with Crippen LogP contribution >= 0.6 is 11.3 Å². The molecular formula is C21H20N6O2S. The van der Waals surface area contributed by atoms with Gasteiger partial charge in [-0.1, -0.05) is 30.3 Å². The fraction of sp³-hybridized carbons (Fsp3) is 0.190. The van der Waals surface area contributed by atoms with Gasteiger partial charge >= 0.3 is 0 Å². The van der Waals surface area contributed by atoms with Crippen molar-refractivity contribution in [3.05, 3.63) is 68.4 Å². The summed E-state index contributed by atoms with van der Waals surface area (Å²) in [5, 5.41) is 11.7. The molecule has 3 N–H and O–H groups in total. The Labute approximate surface area is 176 Å². The van der Waals surface area contributed by atoms with Crippen LogP contribution in [-0.2, 0) is 0 Å². The van der Waals surface area contributed by atoms with E-state index in [-0.39, 0.29) is 16.9 Å². The van der Waals surface area contributed by atoms with Gasteiger partial charge in [-0.15, -0.1) is 11.3 Å². The molecule has 0 radical (unpaired) electrons. The van der Waals surface area contributed by atoms with E-state index < -0.39 is 10.9 Å². The number of anilines is 5. The van der Waals surface area contributed by atoms with E-state index in [4.69, 9.17) is 0 Å². The highest BCUT2D eigenvalue weighted by molar-refractivity contribution is 7.14. The first-order valence-corrected chi connectivity index (χ1v) is 10.2. The van der Waals surface area contributed by atoms with Gasteiger partial charge in [0.1, 0.15) is 17.2 Å². The number of nitrogens with one attached hydrogen (secondary N) is 3. The lowest BCUT2D eigenvalue weighted by Crippen LogP contribution is -2.41. The molecule has 2 heterocycles. The van der Waals surface area contributed by atoms with Gasteiger partial charge in [0.15, 0.2) is 5.13 Å². The molecule has 4 rings (SSSR count). The third-order valence-electron chi connectivity index (χ3n) is 4.11. The Balaban J connectivity index is 1.51. The third-order valence-corrected chi connectivity index (χ3v) is 4.87. The minimum absolute atomic E-state index is 0.209. The van der Waals surface area contributed by atoms with Crippen LogP contribution in [0.2, 0.25) is 0 Å². The maximum Gasteiger partial charge on any atom is 0.253 e. The van der Waals surface area contributed by atoms with Crippen LogP contribution in [0, 0.1) is 0 Å². The van der Waals surface area contributed by atoms with E-state index in [1.54, 1.807) is 12.3 Å². The number of nitrogens with zero attached hydrogens (tertiary/aromatic N) is 3. The molecule has 4 aromatic rings. The summed E-state index contributed by atoms with van der Waals surface area (Å²) >= 11 is 1.44. The van der Waals surface area contributed by atoms with Crippen LogP contribution in [0.1, 0.15) is 20.8 Å². The summed E-state index contributed by atoms with van der Waals surface area (Å²) in [5.74, 6) is 0.731. The van der Waals surface area contributed by atoms with E-state index in [2.05, 4.69) is 30.9 Å². The molecule has 30 heavy (non-hydrogen) atoms. The first-order valence-electron chi connectivity index (χ1n) is 9.30. The Hall–Kier alpha value is -3.59. The van der Waals surface area contributed by atoms with E-state index in [1.165, 1.54) is 11.3 Å². The van der Waals surface area contributed by atoms with Crippen molar-refractivity contribution >= 4 is 39.6 Å². The van der Waals surface area contributed by atoms with Gasteiger partial charge in [0.25, 0.3) is 10.9 Å². The molecule has 0 bridgehead atoms. The zero-order valence-corrected chi connectivity index (χ0v) is 17.5. The van der Waals surface area contributed by atoms with Gasteiger partial charge in [-0.25, -0.2) is 9.97 Å². The molecule has 0 aliphatic heterocycles. The van der Waals surface area contributed by atoms with Gasteiger partial charge in [-0.2, -0.15) is 4.98 Å². The van der Waals surface area contributed by atoms with Crippen molar-refractivity contribution in [3.63, 3.8) is 0 Å². The van der Waals surface area contributed by atoms with Gasteiger partial charge in [0.05, 0.1) is 5.69 Å². The van der Waals surface area contributed by atoms with E-state index in [0.717, 1.165) is 11.3 Å². The summed E-state index contributed by atoms with van der Waals surface area (Å²) in [7, 11) is 0. The molecule has 9 heteroatoms. The lowest BCUT2D eigenvalue weighted by atomic mass is 10.1. The molecule has 0 aliphatic carbocycles. The van der Waals surface area contributed by atoms with Gasteiger partial charge in [0, 0.05) is 22.7 Å². The van der Waals surface area contributed by atoms with Crippen molar-refractivity contribution in [3.8, 4) is 11.3 Å². The highest BCUT2D eigenvalue weighted by atomic mass is 32.1. The lowest BCUT2D eigenvalue weighted by molar-refractivity contribution is 0.632. The van der Waals surface area contributed by atoms with E-state index in [0.29, 0.717) is 16.9 Å². The minimum atomic E-state index is -0.567. The van der Waals surface area contributed by atoms with Crippen LogP contribution in [0.3, 0.4) is 0 Å². The monoisotopic (exact) mass is 420 g/mol. The maximum atomic E-state index is 12.0. The standard InChI is InChI=1S/C21H20N6O2S/c1-21(2,3)27-16-15(17(28)18(16)29)24-14-9-10-22-19(25-14)26-20-23-13(11-30-20)12-7-5-4-6-8-12/h4-11,27H,1-3H3,(H2,22,23,24,25,26). The van der Waals surface area contributed by atoms with Gasteiger partial charge in [0.2, 0.25) is 5.95 Å². The second-order valence-corrected chi connectivity index (χ2v) is 8.56. The summed E-state index contributed by atoms with van der Waals surface area (Å²) in [6, 6.07) is 11.5. The van der Waals surface area contributed by atoms with E-state index >= 15 is 0 Å². The van der Waals surface area contributed by atoms with Crippen molar-refractivity contribution in [2.75, 3.05) is 16.0 Å². The largest absolute Gasteiger partial charge is 0.375 e. The van der Waals surface area contributed by atoms with E-state index in [1.807, 2.05) is 56.5 Å². The molecule has 0 aliphatic rings. The Kier molecular flexibility index (Phi) is 5.04. The number of hydrogen-bond acceptors (Lipinski definition) is 9. The molecule has 0 saturated heterocycles. The average Bonchev–Trinajstić information content (AvgIpc) is 3.19. The quantitative estimate of drug-likeness (QED) is 0.403. The minimum Gasteiger partial charge on any atom is -0.375 e. The molecule has 2 aromatic heterocycles. The molecule has 0 atom stereocenters. The summed E-state index contributed by atoms with van der Waals surface area (Å²) in [6.07, 6.45) is 1.56. The van der Waals surface area contributed by atoms with Gasteiger partial charge in [-0.3, -0.25) is 14.9 Å². The topological polar surface area (TPSA) is 109 Å². The van der Waals surface area contributed by atoms with Crippen molar-refractivity contribution in [1.82, 2.24) is 15.0 Å². The molecule has 152 valence electrons. The molecule has 0 saturated carbocycles. The predicted octanol–water partition coefficient (Wildman–Crippen LogP) is 3.89. The normalized spacial score (nSPS) is 11.4. The highest BCUT2D eigenvalue weighted by Gasteiger charge is 2.25. The van der Waals surface area contributed by atoms with Crippen molar-refractivity contribution in [2.24, 2.45) is 0 Å². The van der Waals surface area contributed by atoms with Crippen molar-refractivity contribution in [2.45, 2.75) is 26.3 Å². The summed E-state index contributed by atoms with van der Waals surface area (Å²) in [4.78, 5) is 37.0. The van der Waals surface area contributed by atoms with E-state index in [9.17, 15) is 9.59 Å². The summed E-state index contributed by atoms with van der Waals surface area (Å²) < 4.78 is 0. The SMILES string of the molecule is CC(C)(C)Nc1c(Nc2ccnc(Nc3nc(-c4ccccc4)cs3)n2)c(=O)c1=O. The van der Waals surface area contributed by atoms with Crippen LogP contribution in [0.25, 0.3) is 11.3 Å². The molecule has 0 fully saturated rings. The van der Waals surface area contributed by atoms with Crippen LogP contribution in [0.4, 0.5) is 28.3 Å². The fourth-order valence-corrected chi connectivity index (χ4v) is 3.50. The van der Waals surface area contributed by atoms with Crippen molar-refractivity contribution < 1.29 is 0 Å². The van der Waals surface area contributed by atoms with Gasteiger partial charge in [-0.05, 0) is 26.8 Å². The van der Waals surface area contributed by atoms with Crippen LogP contribution in [0.5, 0.6) is 0 Å². The van der Waals surface area contributed by atoms with Crippen LogP contribution in [0.15, 0.2) is 57.6 Å². The molecule has 0 spiro atoms. The smallest absolute Gasteiger partial charge is 0.253 e. The summed E-state index contributed by atoms with van der Waals surface area (Å²) in [6.45, 7) is 5.74. The number of hydrogen-bond donors (Lipinski definition) is 3. The zero-order chi connectivity index (χ0) is 21.3. The number of rotatable bonds is 6. The number of thiazole rings is 1. The Morgan fingerprint density at radius 2 is 1.63 bits per heavy atom. The second-order valence-electron chi connectivity index (χ2n) is 7.70. The highest BCUT2D eigenvalue weighted by Crippen LogP contribution is 2.27. The third kappa shape index (κ3) is 4.20. The maximum absolute atomic E-state index is 12.0. The Morgan fingerprint density at radius 1 is 0.900 bits per heavy atom. The predicted molar refractivity (Wildman–Crippen MR) is 121 cm³/mol. The molecule has 8 nitrogen and oxygen atoms in total. The second kappa shape index (κ2) is 7.68. The molecule has 2 aromatic carbocycles. The molecule has 0 unspecified atom stereocenters. The number of benzene rings is 1. The first kappa shape index (κ1) is 19.7. The molecular weight excluding hydrogens is 400 g/mol. The lowest BCUT2D eigenvalue weighted by Gasteiger charge is -2.24. The zero-order valence-electron chi connectivity index (χ0n) is 16.7. The average molecular weight is 420 g/mol. The van der Waals surface area contributed by atoms with Crippen LogP contribution < -0.4 is 26.8 Å². The Morgan fingerprint density at radius 3 is 2.37 bits per heavy atom. The van der Waals surface area contributed by atoms with Crippen molar-refractivity contribution in [1.29, 1.82) is 0 Å². The Bertz CT molecular complexity index is 1250. The first-order chi connectivity index (χ1) is 14.3.